The van der Waals surface area contributed by atoms with Crippen LogP contribution >= 0.6 is 0 Å². The van der Waals surface area contributed by atoms with Gasteiger partial charge in [-0.1, -0.05) is 24.3 Å². The highest BCUT2D eigenvalue weighted by Crippen LogP contribution is 2.19. The molecular weight excluding hydrogens is 350 g/mol. The maximum Gasteiger partial charge on any atom is 0.194 e. The van der Waals surface area contributed by atoms with E-state index in [-0.39, 0.29) is 0 Å². The van der Waals surface area contributed by atoms with Crippen molar-refractivity contribution in [2.45, 2.75) is 25.9 Å². The van der Waals surface area contributed by atoms with Crippen LogP contribution in [0.3, 0.4) is 0 Å². The number of morpholine rings is 1. The van der Waals surface area contributed by atoms with Crippen molar-refractivity contribution >= 4 is 11.6 Å². The highest BCUT2D eigenvalue weighted by atomic mass is 16.5. The minimum absolute atomic E-state index is 0.626. The Labute approximate surface area is 168 Å². The molecular formula is C22H33N5O. The quantitative estimate of drug-likeness (QED) is 0.478. The molecule has 0 amide bonds. The first-order valence-electron chi connectivity index (χ1n) is 10.7. The molecule has 6 heteroatoms. The summed E-state index contributed by atoms with van der Waals surface area (Å²) in [6.07, 6.45) is 5.66. The van der Waals surface area contributed by atoms with Gasteiger partial charge in [0.2, 0.25) is 0 Å². The fraction of sp³-hybridized carbons (Fsp3) is 0.591. The van der Waals surface area contributed by atoms with Gasteiger partial charge in [0, 0.05) is 57.5 Å². The highest BCUT2D eigenvalue weighted by Gasteiger charge is 2.30. The summed E-state index contributed by atoms with van der Waals surface area (Å²) >= 11 is 0. The zero-order chi connectivity index (χ0) is 19.2. The Hall–Kier alpha value is -2.05. The SMILES string of the molecule is CCNC(=NCc1ccc(N2CC=CC2)cc1)N1CCC(N2CCOCC2)C1. The second-order valence-corrected chi connectivity index (χ2v) is 7.75. The average molecular weight is 384 g/mol. The van der Waals surface area contributed by atoms with E-state index >= 15 is 0 Å². The van der Waals surface area contributed by atoms with Crippen molar-refractivity contribution in [3.63, 3.8) is 0 Å². The largest absolute Gasteiger partial charge is 0.379 e. The van der Waals surface area contributed by atoms with Crippen LogP contribution in [-0.4, -0.2) is 80.8 Å². The van der Waals surface area contributed by atoms with E-state index in [4.69, 9.17) is 9.73 Å². The zero-order valence-corrected chi connectivity index (χ0v) is 17.0. The molecule has 1 aromatic rings. The molecule has 0 aromatic heterocycles. The summed E-state index contributed by atoms with van der Waals surface area (Å²) in [4.78, 5) is 12.3. The maximum atomic E-state index is 5.50. The molecule has 152 valence electrons. The third-order valence-electron chi connectivity index (χ3n) is 5.89. The average Bonchev–Trinajstić information content (AvgIpc) is 3.45. The molecule has 1 unspecified atom stereocenters. The van der Waals surface area contributed by atoms with E-state index in [2.05, 4.69) is 63.4 Å². The molecule has 0 spiro atoms. The standard InChI is InChI=1S/C22H33N5O/c1-2-23-22(27-12-9-21(18-27)26-13-15-28-16-14-26)24-17-19-5-7-20(8-6-19)25-10-3-4-11-25/h3-8,21H,2,9-18H2,1H3,(H,23,24). The van der Waals surface area contributed by atoms with Crippen molar-refractivity contribution in [3.8, 4) is 0 Å². The monoisotopic (exact) mass is 383 g/mol. The Balaban J connectivity index is 1.35. The Morgan fingerprint density at radius 3 is 2.57 bits per heavy atom. The number of nitrogens with one attached hydrogen (secondary N) is 1. The summed E-state index contributed by atoms with van der Waals surface area (Å²) in [6, 6.07) is 9.48. The first-order chi connectivity index (χ1) is 13.8. The fourth-order valence-electron chi connectivity index (χ4n) is 4.27. The van der Waals surface area contributed by atoms with Crippen LogP contribution in [0.2, 0.25) is 0 Å². The summed E-state index contributed by atoms with van der Waals surface area (Å²) in [5.74, 6) is 1.05. The molecule has 3 heterocycles. The Bertz CT molecular complexity index is 673. The van der Waals surface area contributed by atoms with Crippen LogP contribution in [0.1, 0.15) is 18.9 Å². The van der Waals surface area contributed by atoms with Gasteiger partial charge in [-0.25, -0.2) is 4.99 Å². The predicted molar refractivity (Wildman–Crippen MR) is 115 cm³/mol. The second kappa shape index (κ2) is 9.43. The Morgan fingerprint density at radius 1 is 1.11 bits per heavy atom. The maximum absolute atomic E-state index is 5.50. The summed E-state index contributed by atoms with van der Waals surface area (Å²) in [5, 5.41) is 3.49. The van der Waals surface area contributed by atoms with Crippen LogP contribution in [0, 0.1) is 0 Å². The van der Waals surface area contributed by atoms with Gasteiger partial charge in [-0.3, -0.25) is 4.90 Å². The topological polar surface area (TPSA) is 43.3 Å². The van der Waals surface area contributed by atoms with Crippen LogP contribution in [0.25, 0.3) is 0 Å². The zero-order valence-electron chi connectivity index (χ0n) is 17.0. The number of guanidine groups is 1. The number of rotatable bonds is 5. The lowest BCUT2D eigenvalue weighted by Gasteiger charge is -2.32. The van der Waals surface area contributed by atoms with Gasteiger partial charge >= 0.3 is 0 Å². The molecule has 3 aliphatic heterocycles. The number of aliphatic imine (C=N–C) groups is 1. The molecule has 6 nitrogen and oxygen atoms in total. The molecule has 0 saturated carbocycles. The summed E-state index contributed by atoms with van der Waals surface area (Å²) in [6.45, 7) is 11.8. The lowest BCUT2D eigenvalue weighted by molar-refractivity contribution is 0.0195. The molecule has 1 atom stereocenters. The van der Waals surface area contributed by atoms with Crippen molar-refractivity contribution in [1.82, 2.24) is 15.1 Å². The Morgan fingerprint density at radius 2 is 1.86 bits per heavy atom. The molecule has 0 bridgehead atoms. The van der Waals surface area contributed by atoms with Gasteiger partial charge in [0.05, 0.1) is 19.8 Å². The fourth-order valence-corrected chi connectivity index (χ4v) is 4.27. The molecule has 3 aliphatic rings. The van der Waals surface area contributed by atoms with E-state index in [0.29, 0.717) is 6.04 Å². The van der Waals surface area contributed by atoms with Crippen molar-refractivity contribution in [2.24, 2.45) is 4.99 Å². The van der Waals surface area contributed by atoms with E-state index in [1.807, 2.05) is 0 Å². The Kier molecular flexibility index (Phi) is 6.49. The van der Waals surface area contributed by atoms with Crippen molar-refractivity contribution in [2.75, 3.05) is 63.9 Å². The van der Waals surface area contributed by atoms with E-state index in [1.165, 1.54) is 17.7 Å². The van der Waals surface area contributed by atoms with Crippen LogP contribution in [0.4, 0.5) is 5.69 Å². The minimum Gasteiger partial charge on any atom is -0.379 e. The number of likely N-dealkylation sites (tertiary alicyclic amines) is 1. The summed E-state index contributed by atoms with van der Waals surface area (Å²) < 4.78 is 5.50. The van der Waals surface area contributed by atoms with Gasteiger partial charge in [0.1, 0.15) is 0 Å². The van der Waals surface area contributed by atoms with Gasteiger partial charge in [0.15, 0.2) is 5.96 Å². The molecule has 0 aliphatic carbocycles. The smallest absolute Gasteiger partial charge is 0.194 e. The summed E-state index contributed by atoms with van der Waals surface area (Å²) in [5.41, 5.74) is 2.55. The van der Waals surface area contributed by atoms with Gasteiger partial charge < -0.3 is 19.9 Å². The van der Waals surface area contributed by atoms with Crippen LogP contribution in [-0.2, 0) is 11.3 Å². The highest BCUT2D eigenvalue weighted by molar-refractivity contribution is 5.80. The normalized spacial score (nSPS) is 23.6. The molecule has 4 rings (SSSR count). The predicted octanol–water partition coefficient (Wildman–Crippen LogP) is 1.93. The van der Waals surface area contributed by atoms with E-state index in [9.17, 15) is 0 Å². The lowest BCUT2D eigenvalue weighted by Crippen LogP contribution is -2.46. The second-order valence-electron chi connectivity index (χ2n) is 7.75. The van der Waals surface area contributed by atoms with Crippen molar-refractivity contribution in [3.05, 3.63) is 42.0 Å². The number of hydrogen-bond donors (Lipinski definition) is 1. The molecule has 1 N–H and O–H groups in total. The van der Waals surface area contributed by atoms with Gasteiger partial charge in [-0.15, -0.1) is 0 Å². The molecule has 0 radical (unpaired) electrons. The van der Waals surface area contributed by atoms with Crippen LogP contribution in [0.5, 0.6) is 0 Å². The number of nitrogens with zero attached hydrogens (tertiary/aromatic N) is 4. The molecule has 28 heavy (non-hydrogen) atoms. The van der Waals surface area contributed by atoms with E-state index in [0.717, 1.165) is 71.5 Å². The van der Waals surface area contributed by atoms with Gasteiger partial charge in [0.25, 0.3) is 0 Å². The van der Waals surface area contributed by atoms with E-state index < -0.39 is 0 Å². The van der Waals surface area contributed by atoms with Crippen LogP contribution < -0.4 is 10.2 Å². The molecule has 2 fully saturated rings. The number of benzene rings is 1. The first kappa shape index (κ1) is 19.3. The number of anilines is 1. The number of ether oxygens (including phenoxy) is 1. The number of hydrogen-bond acceptors (Lipinski definition) is 4. The first-order valence-corrected chi connectivity index (χ1v) is 10.7. The lowest BCUT2D eigenvalue weighted by atomic mass is 10.2. The third-order valence-corrected chi connectivity index (χ3v) is 5.89. The minimum atomic E-state index is 0.626. The summed E-state index contributed by atoms with van der Waals surface area (Å²) in [7, 11) is 0. The third kappa shape index (κ3) is 4.67. The molecule has 2 saturated heterocycles. The van der Waals surface area contributed by atoms with Crippen LogP contribution in [0.15, 0.2) is 41.4 Å². The van der Waals surface area contributed by atoms with Crippen molar-refractivity contribution in [1.29, 1.82) is 0 Å². The van der Waals surface area contributed by atoms with E-state index in [1.54, 1.807) is 0 Å². The molecule has 1 aromatic carbocycles. The van der Waals surface area contributed by atoms with Gasteiger partial charge in [-0.2, -0.15) is 0 Å². The van der Waals surface area contributed by atoms with Crippen molar-refractivity contribution < 1.29 is 4.74 Å². The van der Waals surface area contributed by atoms with Gasteiger partial charge in [-0.05, 0) is 31.0 Å².